The molecule has 146 valence electrons. The highest BCUT2D eigenvalue weighted by molar-refractivity contribution is 14.0. The van der Waals surface area contributed by atoms with E-state index >= 15 is 0 Å². The predicted molar refractivity (Wildman–Crippen MR) is 120 cm³/mol. The second-order valence-electron chi connectivity index (χ2n) is 5.98. The Kier molecular flexibility index (Phi) is 11.3. The second kappa shape index (κ2) is 12.9. The minimum Gasteiger partial charge on any atom is -0.382 e. The lowest BCUT2D eigenvalue weighted by molar-refractivity contribution is 0.143. The molecule has 0 saturated carbocycles. The van der Waals surface area contributed by atoms with Crippen molar-refractivity contribution in [2.45, 2.75) is 39.7 Å². The number of imidazole rings is 1. The zero-order valence-corrected chi connectivity index (χ0v) is 18.5. The summed E-state index contributed by atoms with van der Waals surface area (Å²) in [7, 11) is 1.81. The van der Waals surface area contributed by atoms with E-state index in [1.165, 1.54) is 5.52 Å². The lowest BCUT2D eigenvalue weighted by Crippen LogP contribution is -2.38. The van der Waals surface area contributed by atoms with Gasteiger partial charge < -0.3 is 19.9 Å². The topological polar surface area (TPSA) is 63.5 Å². The molecule has 0 radical (unpaired) electrons. The Labute approximate surface area is 173 Å². The number of aromatic nitrogens is 2. The SMILES string of the molecule is CCOCCCCNC(=NC)NCCCn1c(C)nc2ccccc21.I. The van der Waals surface area contributed by atoms with Gasteiger partial charge in [0.1, 0.15) is 5.82 Å². The highest BCUT2D eigenvalue weighted by Gasteiger charge is 2.06. The van der Waals surface area contributed by atoms with Gasteiger partial charge in [0.2, 0.25) is 0 Å². The monoisotopic (exact) mass is 473 g/mol. The molecule has 1 aromatic heterocycles. The van der Waals surface area contributed by atoms with Gasteiger partial charge in [0.25, 0.3) is 0 Å². The van der Waals surface area contributed by atoms with Crippen molar-refractivity contribution in [3.05, 3.63) is 30.1 Å². The Hall–Kier alpha value is -1.35. The highest BCUT2D eigenvalue weighted by Crippen LogP contribution is 2.15. The summed E-state index contributed by atoms with van der Waals surface area (Å²) in [6.45, 7) is 8.46. The molecule has 1 aromatic carbocycles. The average Bonchev–Trinajstić information content (AvgIpc) is 2.95. The molecule has 7 heteroatoms. The molecule has 0 bridgehead atoms. The third-order valence-electron chi connectivity index (χ3n) is 4.13. The number of aryl methyl sites for hydroxylation is 2. The van der Waals surface area contributed by atoms with E-state index in [4.69, 9.17) is 4.74 Å². The van der Waals surface area contributed by atoms with E-state index in [9.17, 15) is 0 Å². The molecule has 26 heavy (non-hydrogen) atoms. The van der Waals surface area contributed by atoms with Crippen molar-refractivity contribution in [3.8, 4) is 0 Å². The third-order valence-corrected chi connectivity index (χ3v) is 4.13. The standard InChI is InChI=1S/C19H31N5O.HI/c1-4-25-15-8-7-12-21-19(20-3)22-13-9-14-24-16(2)23-17-10-5-6-11-18(17)24;/h5-6,10-11H,4,7-9,12-15H2,1-3H3,(H2,20,21,22);1H. The Bertz CT molecular complexity index is 671. The van der Waals surface area contributed by atoms with E-state index in [-0.39, 0.29) is 24.0 Å². The molecule has 0 saturated heterocycles. The number of hydrogen-bond acceptors (Lipinski definition) is 3. The predicted octanol–water partition coefficient (Wildman–Crippen LogP) is 3.33. The van der Waals surface area contributed by atoms with Crippen LogP contribution in [0.3, 0.4) is 0 Å². The summed E-state index contributed by atoms with van der Waals surface area (Å²) in [5, 5.41) is 6.72. The number of guanidine groups is 1. The van der Waals surface area contributed by atoms with Gasteiger partial charge in [0.05, 0.1) is 11.0 Å². The van der Waals surface area contributed by atoms with Crippen molar-refractivity contribution in [1.82, 2.24) is 20.2 Å². The van der Waals surface area contributed by atoms with E-state index in [0.717, 1.165) is 69.4 Å². The van der Waals surface area contributed by atoms with E-state index < -0.39 is 0 Å². The smallest absolute Gasteiger partial charge is 0.190 e. The van der Waals surface area contributed by atoms with Gasteiger partial charge in [0, 0.05) is 39.9 Å². The molecule has 0 aliphatic rings. The van der Waals surface area contributed by atoms with Gasteiger partial charge in [-0.3, -0.25) is 4.99 Å². The fourth-order valence-corrected chi connectivity index (χ4v) is 2.82. The number of ether oxygens (including phenoxy) is 1. The van der Waals surface area contributed by atoms with Crippen LogP contribution in [0.2, 0.25) is 0 Å². The number of para-hydroxylation sites is 2. The Morgan fingerprint density at radius 2 is 1.88 bits per heavy atom. The van der Waals surface area contributed by atoms with Gasteiger partial charge in [0.15, 0.2) is 5.96 Å². The number of hydrogen-bond donors (Lipinski definition) is 2. The van der Waals surface area contributed by atoms with Crippen LogP contribution < -0.4 is 10.6 Å². The van der Waals surface area contributed by atoms with E-state index in [1.807, 2.05) is 20.0 Å². The van der Waals surface area contributed by atoms with Crippen molar-refractivity contribution in [3.63, 3.8) is 0 Å². The number of rotatable bonds is 10. The van der Waals surface area contributed by atoms with Crippen molar-refractivity contribution >= 4 is 41.0 Å². The Balaban J connectivity index is 0.00000338. The number of halogens is 1. The minimum atomic E-state index is 0. The van der Waals surface area contributed by atoms with E-state index in [0.29, 0.717) is 0 Å². The van der Waals surface area contributed by atoms with Gasteiger partial charge >= 0.3 is 0 Å². The zero-order chi connectivity index (χ0) is 17.9. The molecule has 0 amide bonds. The number of benzene rings is 1. The number of unbranched alkanes of at least 4 members (excludes halogenated alkanes) is 1. The van der Waals surface area contributed by atoms with Gasteiger partial charge in [-0.2, -0.15) is 0 Å². The lowest BCUT2D eigenvalue weighted by atomic mass is 10.3. The number of nitrogens with zero attached hydrogens (tertiary/aromatic N) is 3. The largest absolute Gasteiger partial charge is 0.382 e. The quantitative estimate of drug-likeness (QED) is 0.241. The second-order valence-corrected chi connectivity index (χ2v) is 5.98. The fourth-order valence-electron chi connectivity index (χ4n) is 2.82. The first-order valence-corrected chi connectivity index (χ1v) is 9.20. The average molecular weight is 473 g/mol. The zero-order valence-electron chi connectivity index (χ0n) is 16.1. The minimum absolute atomic E-state index is 0. The molecule has 2 rings (SSSR count). The van der Waals surface area contributed by atoms with Crippen LogP contribution >= 0.6 is 24.0 Å². The molecule has 0 fully saturated rings. The highest BCUT2D eigenvalue weighted by atomic mass is 127. The first-order valence-electron chi connectivity index (χ1n) is 9.20. The van der Waals surface area contributed by atoms with Crippen LogP contribution in [0.25, 0.3) is 11.0 Å². The first-order chi connectivity index (χ1) is 12.3. The first kappa shape index (κ1) is 22.7. The normalized spacial score (nSPS) is 11.4. The molecule has 6 nitrogen and oxygen atoms in total. The summed E-state index contributed by atoms with van der Waals surface area (Å²) in [4.78, 5) is 8.88. The molecule has 0 spiro atoms. The summed E-state index contributed by atoms with van der Waals surface area (Å²) in [6.07, 6.45) is 3.18. The fraction of sp³-hybridized carbons (Fsp3) is 0.579. The van der Waals surface area contributed by atoms with Gasteiger partial charge in [-0.1, -0.05) is 12.1 Å². The number of aliphatic imine (C=N–C) groups is 1. The van der Waals surface area contributed by atoms with Gasteiger partial charge in [-0.25, -0.2) is 4.98 Å². The van der Waals surface area contributed by atoms with Crippen LogP contribution in [0.5, 0.6) is 0 Å². The van der Waals surface area contributed by atoms with Gasteiger partial charge in [-0.05, 0) is 45.2 Å². The summed E-state index contributed by atoms with van der Waals surface area (Å²) in [6, 6.07) is 8.29. The van der Waals surface area contributed by atoms with Crippen molar-refractivity contribution in [1.29, 1.82) is 0 Å². The molecule has 2 N–H and O–H groups in total. The van der Waals surface area contributed by atoms with E-state index in [2.05, 4.69) is 50.3 Å². The molecule has 0 aliphatic carbocycles. The van der Waals surface area contributed by atoms with Gasteiger partial charge in [-0.15, -0.1) is 24.0 Å². The summed E-state index contributed by atoms with van der Waals surface area (Å²) < 4.78 is 7.62. The van der Waals surface area contributed by atoms with Crippen molar-refractivity contribution in [2.75, 3.05) is 33.4 Å². The molecule has 0 atom stereocenters. The summed E-state index contributed by atoms with van der Waals surface area (Å²) >= 11 is 0. The molecular weight excluding hydrogens is 441 g/mol. The van der Waals surface area contributed by atoms with Crippen LogP contribution in [-0.4, -0.2) is 48.9 Å². The lowest BCUT2D eigenvalue weighted by Gasteiger charge is -2.12. The Morgan fingerprint density at radius 1 is 1.15 bits per heavy atom. The maximum Gasteiger partial charge on any atom is 0.190 e. The summed E-state index contributed by atoms with van der Waals surface area (Å²) in [5.74, 6) is 1.93. The van der Waals surface area contributed by atoms with Crippen LogP contribution in [0, 0.1) is 6.92 Å². The molecular formula is C19H32IN5O. The molecule has 0 aliphatic heterocycles. The van der Waals surface area contributed by atoms with Crippen LogP contribution in [0.4, 0.5) is 0 Å². The third kappa shape index (κ3) is 7.11. The maximum atomic E-state index is 5.34. The molecule has 0 unspecified atom stereocenters. The maximum absolute atomic E-state index is 5.34. The summed E-state index contributed by atoms with van der Waals surface area (Å²) in [5.41, 5.74) is 2.27. The van der Waals surface area contributed by atoms with Crippen molar-refractivity contribution in [2.24, 2.45) is 4.99 Å². The molecule has 2 aromatic rings. The van der Waals surface area contributed by atoms with Crippen LogP contribution in [0.15, 0.2) is 29.3 Å². The van der Waals surface area contributed by atoms with Crippen molar-refractivity contribution < 1.29 is 4.74 Å². The van der Waals surface area contributed by atoms with Crippen LogP contribution in [0.1, 0.15) is 32.0 Å². The Morgan fingerprint density at radius 3 is 2.62 bits per heavy atom. The van der Waals surface area contributed by atoms with Crippen LogP contribution in [-0.2, 0) is 11.3 Å². The number of fused-ring (bicyclic) bond motifs is 1. The van der Waals surface area contributed by atoms with E-state index in [1.54, 1.807) is 0 Å². The molecule has 1 heterocycles. The number of nitrogens with one attached hydrogen (secondary N) is 2.